The Morgan fingerprint density at radius 2 is 2.12 bits per heavy atom. The first-order valence-electron chi connectivity index (χ1n) is 4.78. The van der Waals surface area contributed by atoms with Crippen molar-refractivity contribution in [3.8, 4) is 6.07 Å². The maximum Gasteiger partial charge on any atom is 0.148 e. The Morgan fingerprint density at radius 3 is 2.88 bits per heavy atom. The van der Waals surface area contributed by atoms with Gasteiger partial charge in [0.1, 0.15) is 17.7 Å². The molecule has 17 heavy (non-hydrogen) atoms. The molecule has 5 heteroatoms. The van der Waals surface area contributed by atoms with Crippen LogP contribution in [0.15, 0.2) is 36.5 Å². The highest BCUT2D eigenvalue weighted by atomic mass is 127. The molecule has 2 rings (SSSR count). The minimum Gasteiger partial charge on any atom is -0.338 e. The van der Waals surface area contributed by atoms with E-state index in [1.807, 2.05) is 28.7 Å². The largest absolute Gasteiger partial charge is 0.338 e. The van der Waals surface area contributed by atoms with E-state index < -0.39 is 0 Å². The zero-order valence-electron chi connectivity index (χ0n) is 8.61. The SMILES string of the molecule is N#Cc1cccnc1Nc1cccc(F)c1I. The van der Waals surface area contributed by atoms with Crippen molar-refractivity contribution in [3.63, 3.8) is 0 Å². The lowest BCUT2D eigenvalue weighted by molar-refractivity contribution is 0.621. The maximum absolute atomic E-state index is 13.3. The number of rotatable bonds is 2. The van der Waals surface area contributed by atoms with Crippen molar-refractivity contribution < 1.29 is 4.39 Å². The molecule has 0 atom stereocenters. The lowest BCUT2D eigenvalue weighted by atomic mass is 10.2. The number of nitriles is 1. The number of hydrogen-bond acceptors (Lipinski definition) is 3. The molecule has 3 nitrogen and oxygen atoms in total. The normalized spacial score (nSPS) is 9.71. The van der Waals surface area contributed by atoms with E-state index in [1.165, 1.54) is 6.07 Å². The van der Waals surface area contributed by atoms with Crippen LogP contribution in [0.4, 0.5) is 15.9 Å². The Hall–Kier alpha value is -1.68. The second kappa shape index (κ2) is 5.10. The summed E-state index contributed by atoms with van der Waals surface area (Å²) >= 11 is 1.91. The van der Waals surface area contributed by atoms with Gasteiger partial charge in [-0.15, -0.1) is 0 Å². The Morgan fingerprint density at radius 1 is 1.29 bits per heavy atom. The summed E-state index contributed by atoms with van der Waals surface area (Å²) in [4.78, 5) is 4.06. The van der Waals surface area contributed by atoms with Crippen LogP contribution in [0.2, 0.25) is 0 Å². The van der Waals surface area contributed by atoms with Gasteiger partial charge in [0.05, 0.1) is 14.8 Å². The minimum absolute atomic E-state index is 0.301. The third-order valence-electron chi connectivity index (χ3n) is 2.13. The molecule has 1 aromatic heterocycles. The van der Waals surface area contributed by atoms with E-state index in [1.54, 1.807) is 30.5 Å². The van der Waals surface area contributed by atoms with Crippen LogP contribution in [-0.4, -0.2) is 4.98 Å². The van der Waals surface area contributed by atoms with E-state index in [0.29, 0.717) is 20.6 Å². The Bertz CT molecular complexity index is 593. The Kier molecular flexibility index (Phi) is 3.54. The third kappa shape index (κ3) is 2.53. The van der Waals surface area contributed by atoms with Crippen molar-refractivity contribution in [3.05, 3.63) is 51.5 Å². The fraction of sp³-hybridized carbons (Fsp3) is 0. The van der Waals surface area contributed by atoms with Crippen LogP contribution in [-0.2, 0) is 0 Å². The van der Waals surface area contributed by atoms with Crippen LogP contribution in [0.3, 0.4) is 0 Å². The van der Waals surface area contributed by atoms with E-state index in [0.717, 1.165) is 0 Å². The average Bonchev–Trinajstić information content (AvgIpc) is 2.35. The maximum atomic E-state index is 13.3. The first-order chi connectivity index (χ1) is 8.22. The zero-order valence-corrected chi connectivity index (χ0v) is 10.8. The van der Waals surface area contributed by atoms with E-state index in [-0.39, 0.29) is 5.82 Å². The van der Waals surface area contributed by atoms with Crippen molar-refractivity contribution >= 4 is 34.1 Å². The van der Waals surface area contributed by atoms with E-state index in [2.05, 4.69) is 10.3 Å². The number of anilines is 2. The molecule has 1 heterocycles. The van der Waals surface area contributed by atoms with Crippen LogP contribution in [0.25, 0.3) is 0 Å². The van der Waals surface area contributed by atoms with Gasteiger partial charge in [-0.1, -0.05) is 6.07 Å². The number of benzene rings is 1. The lowest BCUT2D eigenvalue weighted by Crippen LogP contribution is -1.99. The summed E-state index contributed by atoms with van der Waals surface area (Å²) in [7, 11) is 0. The highest BCUT2D eigenvalue weighted by molar-refractivity contribution is 14.1. The molecular weight excluding hydrogens is 332 g/mol. The molecule has 0 aliphatic rings. The van der Waals surface area contributed by atoms with Crippen molar-refractivity contribution in [1.82, 2.24) is 4.98 Å². The number of halogens is 2. The summed E-state index contributed by atoms with van der Waals surface area (Å²) in [6.07, 6.45) is 1.58. The molecule has 0 saturated heterocycles. The van der Waals surface area contributed by atoms with Gasteiger partial charge in [-0.05, 0) is 46.9 Å². The van der Waals surface area contributed by atoms with Crippen molar-refractivity contribution in [1.29, 1.82) is 5.26 Å². The second-order valence-electron chi connectivity index (χ2n) is 3.24. The van der Waals surface area contributed by atoms with E-state index >= 15 is 0 Å². The predicted molar refractivity (Wildman–Crippen MR) is 71.4 cm³/mol. The number of nitrogens with one attached hydrogen (secondary N) is 1. The second-order valence-corrected chi connectivity index (χ2v) is 4.32. The van der Waals surface area contributed by atoms with Gasteiger partial charge in [-0.3, -0.25) is 0 Å². The van der Waals surface area contributed by atoms with Crippen LogP contribution < -0.4 is 5.32 Å². The molecule has 0 fully saturated rings. The van der Waals surface area contributed by atoms with Crippen LogP contribution in [0.5, 0.6) is 0 Å². The monoisotopic (exact) mass is 339 g/mol. The number of pyridine rings is 1. The summed E-state index contributed by atoms with van der Waals surface area (Å²) in [5.74, 6) is 0.128. The highest BCUT2D eigenvalue weighted by Crippen LogP contribution is 2.24. The third-order valence-corrected chi connectivity index (χ3v) is 3.23. The molecule has 84 valence electrons. The molecule has 0 bridgehead atoms. The average molecular weight is 339 g/mol. The molecule has 0 saturated carbocycles. The molecule has 0 unspecified atom stereocenters. The van der Waals surface area contributed by atoms with E-state index in [9.17, 15) is 4.39 Å². The van der Waals surface area contributed by atoms with Crippen LogP contribution in [0, 0.1) is 20.7 Å². The van der Waals surface area contributed by atoms with Gasteiger partial charge in [0, 0.05) is 6.20 Å². The highest BCUT2D eigenvalue weighted by Gasteiger charge is 2.08. The topological polar surface area (TPSA) is 48.7 Å². The van der Waals surface area contributed by atoms with Crippen molar-refractivity contribution in [2.75, 3.05) is 5.32 Å². The summed E-state index contributed by atoms with van der Waals surface area (Å²) < 4.78 is 13.8. The summed E-state index contributed by atoms with van der Waals surface area (Å²) in [5.41, 5.74) is 1.02. The molecule has 0 aliphatic carbocycles. The van der Waals surface area contributed by atoms with Gasteiger partial charge in [0.15, 0.2) is 0 Å². The standard InChI is InChI=1S/C12H7FIN3/c13-9-4-1-5-10(11(9)14)17-12-8(7-15)3-2-6-16-12/h1-6H,(H,16,17). The van der Waals surface area contributed by atoms with Gasteiger partial charge in [-0.2, -0.15) is 5.26 Å². The molecule has 1 N–H and O–H groups in total. The molecule has 0 spiro atoms. The van der Waals surface area contributed by atoms with Crippen molar-refractivity contribution in [2.45, 2.75) is 0 Å². The summed E-state index contributed by atoms with van der Waals surface area (Å²) in [5, 5.41) is 11.9. The van der Waals surface area contributed by atoms with Gasteiger partial charge in [0.25, 0.3) is 0 Å². The Labute approximate surface area is 111 Å². The first kappa shape index (κ1) is 11.8. The summed E-state index contributed by atoms with van der Waals surface area (Å²) in [6, 6.07) is 10.1. The molecule has 0 aliphatic heterocycles. The Balaban J connectivity index is 2.39. The number of nitrogens with zero attached hydrogens (tertiary/aromatic N) is 2. The fourth-order valence-corrected chi connectivity index (χ4v) is 1.82. The molecule has 2 aromatic rings. The lowest BCUT2D eigenvalue weighted by Gasteiger charge is -2.09. The van der Waals surface area contributed by atoms with Gasteiger partial charge in [-0.25, -0.2) is 9.37 Å². The van der Waals surface area contributed by atoms with Crippen LogP contribution >= 0.6 is 22.6 Å². The van der Waals surface area contributed by atoms with Gasteiger partial charge >= 0.3 is 0 Å². The van der Waals surface area contributed by atoms with Gasteiger partial charge in [0.2, 0.25) is 0 Å². The number of hydrogen-bond donors (Lipinski definition) is 1. The van der Waals surface area contributed by atoms with Gasteiger partial charge < -0.3 is 5.32 Å². The number of aromatic nitrogens is 1. The zero-order chi connectivity index (χ0) is 12.3. The van der Waals surface area contributed by atoms with Crippen LogP contribution in [0.1, 0.15) is 5.56 Å². The smallest absolute Gasteiger partial charge is 0.148 e. The quantitative estimate of drug-likeness (QED) is 0.853. The summed E-state index contributed by atoms with van der Waals surface area (Å²) in [6.45, 7) is 0. The minimum atomic E-state index is -0.301. The predicted octanol–water partition coefficient (Wildman–Crippen LogP) is 3.44. The molecule has 1 aromatic carbocycles. The first-order valence-corrected chi connectivity index (χ1v) is 5.86. The van der Waals surface area contributed by atoms with Crippen molar-refractivity contribution in [2.24, 2.45) is 0 Å². The fourth-order valence-electron chi connectivity index (χ4n) is 1.32. The van der Waals surface area contributed by atoms with E-state index in [4.69, 9.17) is 5.26 Å². The molecule has 0 amide bonds. The molecule has 0 radical (unpaired) electrons. The molecular formula is C12H7FIN3.